The number of rotatable bonds is 5. The van der Waals surface area contributed by atoms with Gasteiger partial charge in [0.05, 0.1) is 4.92 Å². The topological polar surface area (TPSA) is 129 Å². The van der Waals surface area contributed by atoms with Crippen LogP contribution >= 0.6 is 0 Å². The highest BCUT2D eigenvalue weighted by molar-refractivity contribution is 5.91. The second-order valence-electron chi connectivity index (χ2n) is 7.84. The van der Waals surface area contributed by atoms with Gasteiger partial charge in [-0.15, -0.1) is 0 Å². The number of furan rings is 1. The number of nitrogens with zero attached hydrogens (tertiary/aromatic N) is 3. The minimum Gasteiger partial charge on any atom is -0.454 e. The van der Waals surface area contributed by atoms with E-state index in [1.54, 1.807) is 42.5 Å². The van der Waals surface area contributed by atoms with Crippen LogP contribution in [0, 0.1) is 21.4 Å². The predicted octanol–water partition coefficient (Wildman–Crippen LogP) is 5.60. The first-order chi connectivity index (χ1) is 17.6. The van der Waals surface area contributed by atoms with Gasteiger partial charge in [0.15, 0.2) is 23.0 Å². The molecule has 3 heterocycles. The van der Waals surface area contributed by atoms with E-state index in [-0.39, 0.29) is 30.7 Å². The van der Waals surface area contributed by atoms with Gasteiger partial charge in [0, 0.05) is 29.5 Å². The normalized spacial score (nSPS) is 13.2. The SMILES string of the molecule is N#Cc1c(N=Cc2cccc([N+](=O)[O-])c2)oc(-c2ccc3c(c2)OCO3)c1-c1ccc2c(c1)OCO2. The molecular weight excluding hydrogens is 466 g/mol. The van der Waals surface area contributed by atoms with Crippen molar-refractivity contribution in [3.8, 4) is 51.5 Å². The van der Waals surface area contributed by atoms with Crippen LogP contribution in [-0.4, -0.2) is 24.7 Å². The summed E-state index contributed by atoms with van der Waals surface area (Å²) in [6.07, 6.45) is 1.42. The van der Waals surface area contributed by atoms with Gasteiger partial charge >= 0.3 is 0 Å². The minimum atomic E-state index is -0.486. The fourth-order valence-corrected chi connectivity index (χ4v) is 4.03. The zero-order valence-electron chi connectivity index (χ0n) is 18.5. The maximum atomic E-state index is 11.1. The number of non-ortho nitro benzene ring substituents is 1. The van der Waals surface area contributed by atoms with Gasteiger partial charge in [-0.25, -0.2) is 4.99 Å². The van der Waals surface area contributed by atoms with E-state index in [0.29, 0.717) is 51.0 Å². The molecule has 0 fully saturated rings. The molecule has 2 aliphatic rings. The van der Waals surface area contributed by atoms with Crippen molar-refractivity contribution >= 4 is 17.8 Å². The number of nitro benzene ring substituents is 1. The zero-order valence-corrected chi connectivity index (χ0v) is 18.5. The first-order valence-corrected chi connectivity index (χ1v) is 10.8. The molecule has 6 rings (SSSR count). The molecule has 176 valence electrons. The molecule has 0 radical (unpaired) electrons. The van der Waals surface area contributed by atoms with Crippen LogP contribution in [0.3, 0.4) is 0 Å². The van der Waals surface area contributed by atoms with Crippen LogP contribution in [0.2, 0.25) is 0 Å². The van der Waals surface area contributed by atoms with Crippen LogP contribution in [0.5, 0.6) is 23.0 Å². The molecule has 3 aromatic carbocycles. The van der Waals surface area contributed by atoms with E-state index in [2.05, 4.69) is 11.1 Å². The van der Waals surface area contributed by atoms with Gasteiger partial charge in [-0.2, -0.15) is 5.26 Å². The number of hydrogen-bond acceptors (Lipinski definition) is 9. The lowest BCUT2D eigenvalue weighted by Crippen LogP contribution is -1.93. The fraction of sp³-hybridized carbons (Fsp3) is 0.0769. The number of nitro groups is 1. The summed E-state index contributed by atoms with van der Waals surface area (Å²) in [7, 11) is 0. The van der Waals surface area contributed by atoms with E-state index in [9.17, 15) is 15.4 Å². The van der Waals surface area contributed by atoms with Crippen molar-refractivity contribution in [2.24, 2.45) is 4.99 Å². The van der Waals surface area contributed by atoms with Crippen molar-refractivity contribution in [1.82, 2.24) is 0 Å². The first kappa shape index (κ1) is 21.2. The highest BCUT2D eigenvalue weighted by atomic mass is 16.7. The van der Waals surface area contributed by atoms with Gasteiger partial charge in [0.25, 0.3) is 5.69 Å². The number of ether oxygens (including phenoxy) is 4. The third kappa shape index (κ3) is 3.65. The van der Waals surface area contributed by atoms with Crippen molar-refractivity contribution in [2.75, 3.05) is 13.6 Å². The molecule has 0 bridgehead atoms. The lowest BCUT2D eigenvalue weighted by molar-refractivity contribution is -0.384. The van der Waals surface area contributed by atoms with Crippen molar-refractivity contribution in [2.45, 2.75) is 0 Å². The molecule has 2 aliphatic heterocycles. The van der Waals surface area contributed by atoms with Crippen LogP contribution in [-0.2, 0) is 0 Å². The smallest absolute Gasteiger partial charge is 0.270 e. The Morgan fingerprint density at radius 1 is 0.889 bits per heavy atom. The molecule has 0 amide bonds. The summed E-state index contributed by atoms with van der Waals surface area (Å²) in [6, 6.07) is 18.9. The second kappa shape index (κ2) is 8.48. The quantitative estimate of drug-likeness (QED) is 0.205. The first-order valence-electron chi connectivity index (χ1n) is 10.8. The van der Waals surface area contributed by atoms with Crippen molar-refractivity contribution in [3.05, 3.63) is 81.9 Å². The zero-order chi connectivity index (χ0) is 24.6. The standard InChI is InChI=1S/C26H15N3O7/c27-11-19-24(16-4-6-20-22(9-16)34-13-32-20)25(17-5-7-21-23(10-17)35-14-33-21)36-26(19)28-12-15-2-1-3-18(8-15)29(30)31/h1-10,12H,13-14H2. The van der Waals surface area contributed by atoms with Crippen molar-refractivity contribution in [3.63, 3.8) is 0 Å². The van der Waals surface area contributed by atoms with E-state index in [4.69, 9.17) is 23.4 Å². The highest BCUT2D eigenvalue weighted by Gasteiger charge is 2.26. The van der Waals surface area contributed by atoms with Crippen LogP contribution < -0.4 is 18.9 Å². The van der Waals surface area contributed by atoms with Gasteiger partial charge in [0.1, 0.15) is 17.4 Å². The number of benzene rings is 3. The third-order valence-corrected chi connectivity index (χ3v) is 5.71. The Balaban J connectivity index is 1.50. The van der Waals surface area contributed by atoms with Gasteiger partial charge < -0.3 is 23.4 Å². The average molecular weight is 481 g/mol. The van der Waals surface area contributed by atoms with Crippen molar-refractivity contribution in [1.29, 1.82) is 5.26 Å². The summed E-state index contributed by atoms with van der Waals surface area (Å²) in [6.45, 7) is 0.233. The molecule has 10 nitrogen and oxygen atoms in total. The van der Waals surface area contributed by atoms with Crippen LogP contribution in [0.25, 0.3) is 22.5 Å². The Bertz CT molecular complexity index is 1600. The van der Waals surface area contributed by atoms with Crippen molar-refractivity contribution < 1.29 is 28.3 Å². The molecule has 1 aromatic heterocycles. The monoisotopic (exact) mass is 481 g/mol. The summed E-state index contributed by atoms with van der Waals surface area (Å²) < 4.78 is 28.0. The maximum Gasteiger partial charge on any atom is 0.270 e. The largest absolute Gasteiger partial charge is 0.454 e. The van der Waals surface area contributed by atoms with Gasteiger partial charge in [-0.3, -0.25) is 10.1 Å². The molecule has 0 unspecified atom stereocenters. The molecule has 10 heteroatoms. The third-order valence-electron chi connectivity index (χ3n) is 5.71. The Hall–Kier alpha value is -5.30. The highest BCUT2D eigenvalue weighted by Crippen LogP contribution is 2.47. The lowest BCUT2D eigenvalue weighted by atomic mass is 9.97. The molecule has 4 aromatic rings. The fourth-order valence-electron chi connectivity index (χ4n) is 4.03. The maximum absolute atomic E-state index is 11.1. The van der Waals surface area contributed by atoms with E-state index >= 15 is 0 Å². The van der Waals surface area contributed by atoms with Crippen LogP contribution in [0.4, 0.5) is 11.6 Å². The predicted molar refractivity (Wildman–Crippen MR) is 127 cm³/mol. The summed E-state index contributed by atoms with van der Waals surface area (Å²) in [4.78, 5) is 15.0. The number of aliphatic imine (C=N–C) groups is 1. The van der Waals surface area contributed by atoms with Crippen LogP contribution in [0.15, 0.2) is 70.1 Å². The van der Waals surface area contributed by atoms with Gasteiger partial charge in [0.2, 0.25) is 19.5 Å². The number of nitriles is 1. The molecule has 0 spiro atoms. The number of hydrogen-bond donors (Lipinski definition) is 0. The summed E-state index contributed by atoms with van der Waals surface area (Å²) in [5.41, 5.74) is 2.45. The van der Waals surface area contributed by atoms with E-state index in [1.807, 2.05) is 6.07 Å². The molecule has 0 atom stereocenters. The summed E-state index contributed by atoms with van der Waals surface area (Å²) in [5.74, 6) is 2.78. The van der Waals surface area contributed by atoms with Gasteiger partial charge in [-0.1, -0.05) is 18.2 Å². The Morgan fingerprint density at radius 3 is 2.25 bits per heavy atom. The Morgan fingerprint density at radius 2 is 1.56 bits per heavy atom. The molecule has 0 saturated carbocycles. The Kier molecular flexibility index (Phi) is 5.01. The van der Waals surface area contributed by atoms with E-state index in [0.717, 1.165) is 0 Å². The Labute approximate surface area is 203 Å². The molecular formula is C26H15N3O7. The summed E-state index contributed by atoms with van der Waals surface area (Å²) >= 11 is 0. The molecule has 0 aliphatic carbocycles. The minimum absolute atomic E-state index is 0.0596. The average Bonchev–Trinajstić information content (AvgIpc) is 3.64. The molecule has 0 N–H and O–H groups in total. The van der Waals surface area contributed by atoms with Gasteiger partial charge in [-0.05, 0) is 41.5 Å². The van der Waals surface area contributed by atoms with E-state index in [1.165, 1.54) is 18.3 Å². The number of fused-ring (bicyclic) bond motifs is 2. The molecule has 0 saturated heterocycles. The van der Waals surface area contributed by atoms with Crippen LogP contribution in [0.1, 0.15) is 11.1 Å². The summed E-state index contributed by atoms with van der Waals surface area (Å²) in [5, 5.41) is 21.2. The second-order valence-corrected chi connectivity index (χ2v) is 7.84. The lowest BCUT2D eigenvalue weighted by Gasteiger charge is -2.06. The van der Waals surface area contributed by atoms with E-state index < -0.39 is 4.92 Å². The molecule has 36 heavy (non-hydrogen) atoms.